The van der Waals surface area contributed by atoms with E-state index in [9.17, 15) is 13.2 Å². The zero-order valence-corrected chi connectivity index (χ0v) is 12.7. The van der Waals surface area contributed by atoms with E-state index in [0.717, 1.165) is 6.08 Å². The SMILES string of the molecule is O=C(O)/C=C/c1ccc2[nH]cc(S(=O)(=O)c3ccccc3)c2c1. The molecule has 0 saturated carbocycles. The van der Waals surface area contributed by atoms with Crippen molar-refractivity contribution >= 4 is 32.8 Å². The summed E-state index contributed by atoms with van der Waals surface area (Å²) in [6, 6.07) is 13.3. The number of carbonyl (C=O) groups is 1. The first-order valence-corrected chi connectivity index (χ1v) is 8.29. The van der Waals surface area contributed by atoms with Crippen molar-refractivity contribution in [3.8, 4) is 0 Å². The minimum absolute atomic E-state index is 0.171. The Bertz CT molecular complexity index is 1000. The Balaban J connectivity index is 2.15. The second-order valence-electron chi connectivity index (χ2n) is 4.95. The standard InChI is InChI=1S/C17H13NO4S/c19-17(20)9-7-12-6-8-15-14(10-12)16(11-18-15)23(21,22)13-4-2-1-3-5-13/h1-11,18H,(H,19,20)/b9-7+. The highest BCUT2D eigenvalue weighted by Gasteiger charge is 2.21. The van der Waals surface area contributed by atoms with Crippen LogP contribution in [0.5, 0.6) is 0 Å². The first kappa shape index (κ1) is 15.1. The van der Waals surface area contributed by atoms with Gasteiger partial charge in [0, 0.05) is 23.2 Å². The van der Waals surface area contributed by atoms with Crippen LogP contribution in [0.3, 0.4) is 0 Å². The van der Waals surface area contributed by atoms with Crippen molar-refractivity contribution in [3.63, 3.8) is 0 Å². The van der Waals surface area contributed by atoms with Crippen LogP contribution in [-0.2, 0) is 14.6 Å². The zero-order valence-electron chi connectivity index (χ0n) is 11.9. The van der Waals surface area contributed by atoms with Crippen molar-refractivity contribution in [3.05, 3.63) is 66.4 Å². The third-order valence-electron chi connectivity index (χ3n) is 3.43. The predicted octanol–water partition coefficient (Wildman–Crippen LogP) is 3.10. The van der Waals surface area contributed by atoms with E-state index in [1.807, 2.05) is 0 Å². The lowest BCUT2D eigenvalue weighted by Gasteiger charge is -2.03. The molecule has 2 aromatic carbocycles. The molecule has 0 spiro atoms. The minimum Gasteiger partial charge on any atom is -0.478 e. The van der Waals surface area contributed by atoms with E-state index in [4.69, 9.17) is 5.11 Å². The summed E-state index contributed by atoms with van der Waals surface area (Å²) < 4.78 is 25.5. The second-order valence-corrected chi connectivity index (χ2v) is 6.86. The first-order valence-electron chi connectivity index (χ1n) is 6.81. The van der Waals surface area contributed by atoms with Crippen molar-refractivity contribution in [1.82, 2.24) is 4.98 Å². The molecule has 116 valence electrons. The van der Waals surface area contributed by atoms with Crippen LogP contribution in [0, 0.1) is 0 Å². The maximum Gasteiger partial charge on any atom is 0.328 e. The Morgan fingerprint density at radius 1 is 1.09 bits per heavy atom. The van der Waals surface area contributed by atoms with E-state index in [2.05, 4.69) is 4.98 Å². The number of sulfone groups is 1. The number of aromatic amines is 1. The number of aromatic nitrogens is 1. The van der Waals surface area contributed by atoms with Crippen LogP contribution in [0.4, 0.5) is 0 Å². The topological polar surface area (TPSA) is 87.2 Å². The van der Waals surface area contributed by atoms with E-state index >= 15 is 0 Å². The average Bonchev–Trinajstić information content (AvgIpc) is 2.97. The molecule has 0 bridgehead atoms. The zero-order chi connectivity index (χ0) is 16.4. The molecule has 2 N–H and O–H groups in total. The minimum atomic E-state index is -3.64. The molecular formula is C17H13NO4S. The molecule has 23 heavy (non-hydrogen) atoms. The van der Waals surface area contributed by atoms with Gasteiger partial charge < -0.3 is 10.1 Å². The van der Waals surface area contributed by atoms with E-state index in [1.165, 1.54) is 12.3 Å². The second kappa shape index (κ2) is 5.73. The summed E-state index contributed by atoms with van der Waals surface area (Å²) >= 11 is 0. The predicted molar refractivity (Wildman–Crippen MR) is 86.9 cm³/mol. The van der Waals surface area contributed by atoms with Crippen LogP contribution in [0.25, 0.3) is 17.0 Å². The van der Waals surface area contributed by atoms with Gasteiger partial charge >= 0.3 is 5.97 Å². The summed E-state index contributed by atoms with van der Waals surface area (Å²) in [4.78, 5) is 13.9. The summed E-state index contributed by atoms with van der Waals surface area (Å²) in [5.74, 6) is -1.06. The normalized spacial score (nSPS) is 12.0. The van der Waals surface area contributed by atoms with Gasteiger partial charge in [0.2, 0.25) is 9.84 Å². The van der Waals surface area contributed by atoms with Gasteiger partial charge in [0.1, 0.15) is 0 Å². The fourth-order valence-electron chi connectivity index (χ4n) is 2.33. The van der Waals surface area contributed by atoms with Crippen LogP contribution in [0.15, 0.2) is 70.6 Å². The third-order valence-corrected chi connectivity index (χ3v) is 5.24. The number of rotatable bonds is 4. The molecular weight excluding hydrogens is 314 g/mol. The smallest absolute Gasteiger partial charge is 0.328 e. The van der Waals surface area contributed by atoms with E-state index in [0.29, 0.717) is 16.5 Å². The largest absolute Gasteiger partial charge is 0.478 e. The maximum absolute atomic E-state index is 12.8. The summed E-state index contributed by atoms with van der Waals surface area (Å²) in [5.41, 5.74) is 1.29. The van der Waals surface area contributed by atoms with Crippen LogP contribution < -0.4 is 0 Å². The lowest BCUT2D eigenvalue weighted by atomic mass is 10.1. The first-order chi connectivity index (χ1) is 11.0. The summed E-state index contributed by atoms with van der Waals surface area (Å²) in [5, 5.41) is 9.22. The average molecular weight is 327 g/mol. The Morgan fingerprint density at radius 3 is 2.52 bits per heavy atom. The highest BCUT2D eigenvalue weighted by Crippen LogP contribution is 2.29. The maximum atomic E-state index is 12.8. The molecule has 0 amide bonds. The van der Waals surface area contributed by atoms with E-state index in [1.54, 1.807) is 48.5 Å². The summed E-state index contributed by atoms with van der Waals surface area (Å²) in [6.07, 6.45) is 3.89. The number of fused-ring (bicyclic) bond motifs is 1. The molecule has 6 heteroatoms. The van der Waals surface area contributed by atoms with Crippen LogP contribution in [0.1, 0.15) is 5.56 Å². The fraction of sp³-hybridized carbons (Fsp3) is 0. The van der Waals surface area contributed by atoms with Gasteiger partial charge in [0.25, 0.3) is 0 Å². The van der Waals surface area contributed by atoms with Gasteiger partial charge in [-0.15, -0.1) is 0 Å². The molecule has 0 aliphatic carbocycles. The number of H-pyrrole nitrogens is 1. The van der Waals surface area contributed by atoms with Gasteiger partial charge in [0.05, 0.1) is 9.79 Å². The molecule has 0 aliphatic heterocycles. The molecule has 0 aliphatic rings. The Hall–Kier alpha value is -2.86. The van der Waals surface area contributed by atoms with Crippen LogP contribution in [-0.4, -0.2) is 24.5 Å². The van der Waals surface area contributed by atoms with Crippen LogP contribution in [0.2, 0.25) is 0 Å². The van der Waals surface area contributed by atoms with Crippen molar-refractivity contribution in [2.75, 3.05) is 0 Å². The number of nitrogens with one attached hydrogen (secondary N) is 1. The lowest BCUT2D eigenvalue weighted by molar-refractivity contribution is -0.131. The van der Waals surface area contributed by atoms with Gasteiger partial charge in [-0.05, 0) is 35.9 Å². The summed E-state index contributed by atoms with van der Waals surface area (Å²) in [6.45, 7) is 0. The van der Waals surface area contributed by atoms with Crippen molar-refractivity contribution < 1.29 is 18.3 Å². The Kier molecular flexibility index (Phi) is 3.75. The summed E-state index contributed by atoms with van der Waals surface area (Å²) in [7, 11) is -3.64. The van der Waals surface area contributed by atoms with Crippen LogP contribution >= 0.6 is 0 Å². The molecule has 0 atom stereocenters. The number of hydrogen-bond donors (Lipinski definition) is 2. The third kappa shape index (κ3) is 2.89. The highest BCUT2D eigenvalue weighted by molar-refractivity contribution is 7.91. The van der Waals surface area contributed by atoms with Crippen molar-refractivity contribution in [1.29, 1.82) is 0 Å². The Morgan fingerprint density at radius 2 is 1.83 bits per heavy atom. The number of carboxylic acid groups (broad SMARTS) is 1. The molecule has 3 rings (SSSR count). The van der Waals surface area contributed by atoms with E-state index in [-0.39, 0.29) is 9.79 Å². The molecule has 3 aromatic rings. The van der Waals surface area contributed by atoms with Gasteiger partial charge in [0.15, 0.2) is 0 Å². The molecule has 0 saturated heterocycles. The van der Waals surface area contributed by atoms with Gasteiger partial charge in [-0.3, -0.25) is 0 Å². The molecule has 0 fully saturated rings. The molecule has 0 unspecified atom stereocenters. The van der Waals surface area contributed by atoms with Gasteiger partial charge in [-0.2, -0.15) is 0 Å². The van der Waals surface area contributed by atoms with Gasteiger partial charge in [-0.1, -0.05) is 24.3 Å². The molecule has 1 heterocycles. The molecule has 0 radical (unpaired) electrons. The highest BCUT2D eigenvalue weighted by atomic mass is 32.2. The van der Waals surface area contributed by atoms with E-state index < -0.39 is 15.8 Å². The fourth-order valence-corrected chi connectivity index (χ4v) is 3.77. The molecule has 1 aromatic heterocycles. The lowest BCUT2D eigenvalue weighted by Crippen LogP contribution is -2.00. The van der Waals surface area contributed by atoms with Crippen molar-refractivity contribution in [2.45, 2.75) is 9.79 Å². The van der Waals surface area contributed by atoms with Crippen molar-refractivity contribution in [2.24, 2.45) is 0 Å². The monoisotopic (exact) mass is 327 g/mol. The number of carboxylic acids is 1. The Labute approximate surface area is 132 Å². The number of benzene rings is 2. The number of aliphatic carboxylic acids is 1. The van der Waals surface area contributed by atoms with Gasteiger partial charge in [-0.25, -0.2) is 13.2 Å². The molecule has 5 nitrogen and oxygen atoms in total. The quantitative estimate of drug-likeness (QED) is 0.721. The number of hydrogen-bond acceptors (Lipinski definition) is 3.